The van der Waals surface area contributed by atoms with E-state index in [0.717, 1.165) is 36.9 Å². The Bertz CT molecular complexity index is 508. The molecule has 0 amide bonds. The SMILES string of the molecule is CC1CCN(CCNCc2cc3ccccc3o2)CC1. The van der Waals surface area contributed by atoms with Crippen LogP contribution in [-0.4, -0.2) is 31.1 Å². The number of rotatable bonds is 5. The van der Waals surface area contributed by atoms with Crippen LogP contribution >= 0.6 is 0 Å². The number of benzene rings is 1. The van der Waals surface area contributed by atoms with E-state index in [1.807, 2.05) is 18.2 Å². The van der Waals surface area contributed by atoms with Crippen molar-refractivity contribution in [1.82, 2.24) is 10.2 Å². The lowest BCUT2D eigenvalue weighted by Crippen LogP contribution is -2.37. The highest BCUT2D eigenvalue weighted by Gasteiger charge is 2.14. The highest BCUT2D eigenvalue weighted by atomic mass is 16.3. The predicted octanol–water partition coefficient (Wildman–Crippen LogP) is 3.25. The van der Waals surface area contributed by atoms with Crippen molar-refractivity contribution in [3.63, 3.8) is 0 Å². The molecule has 3 rings (SSSR count). The van der Waals surface area contributed by atoms with Gasteiger partial charge in [0.25, 0.3) is 0 Å². The van der Waals surface area contributed by atoms with E-state index in [2.05, 4.69) is 29.3 Å². The smallest absolute Gasteiger partial charge is 0.134 e. The minimum Gasteiger partial charge on any atom is -0.460 e. The van der Waals surface area contributed by atoms with Gasteiger partial charge in [0.2, 0.25) is 0 Å². The molecular weight excluding hydrogens is 248 g/mol. The molecule has 3 heteroatoms. The summed E-state index contributed by atoms with van der Waals surface area (Å²) in [7, 11) is 0. The second kappa shape index (κ2) is 6.42. The first kappa shape index (κ1) is 13.7. The summed E-state index contributed by atoms with van der Waals surface area (Å²) in [6.07, 6.45) is 2.70. The Morgan fingerprint density at radius 3 is 2.85 bits per heavy atom. The van der Waals surface area contributed by atoms with Gasteiger partial charge in [-0.25, -0.2) is 0 Å². The van der Waals surface area contributed by atoms with E-state index >= 15 is 0 Å². The van der Waals surface area contributed by atoms with Gasteiger partial charge in [-0.3, -0.25) is 0 Å². The second-order valence-electron chi connectivity index (χ2n) is 5.95. The van der Waals surface area contributed by atoms with Crippen molar-refractivity contribution in [1.29, 1.82) is 0 Å². The molecule has 0 radical (unpaired) electrons. The highest BCUT2D eigenvalue weighted by Crippen LogP contribution is 2.18. The summed E-state index contributed by atoms with van der Waals surface area (Å²) in [5.74, 6) is 1.94. The molecule has 0 spiro atoms. The van der Waals surface area contributed by atoms with Crippen molar-refractivity contribution in [2.24, 2.45) is 5.92 Å². The van der Waals surface area contributed by atoms with Crippen LogP contribution in [0.3, 0.4) is 0 Å². The molecular formula is C17H24N2O. The maximum absolute atomic E-state index is 5.80. The van der Waals surface area contributed by atoms with Crippen LogP contribution in [0.25, 0.3) is 11.0 Å². The van der Waals surface area contributed by atoms with Gasteiger partial charge in [-0.1, -0.05) is 25.1 Å². The number of para-hydroxylation sites is 1. The Balaban J connectivity index is 1.41. The first-order valence-corrected chi connectivity index (χ1v) is 7.72. The normalized spacial score (nSPS) is 17.9. The molecule has 2 heterocycles. The van der Waals surface area contributed by atoms with Crippen molar-refractivity contribution in [3.05, 3.63) is 36.1 Å². The Labute approximate surface area is 120 Å². The van der Waals surface area contributed by atoms with E-state index in [1.165, 1.54) is 31.3 Å². The largest absolute Gasteiger partial charge is 0.460 e. The van der Waals surface area contributed by atoms with Crippen LogP contribution < -0.4 is 5.32 Å². The van der Waals surface area contributed by atoms with Crippen LogP contribution in [0.4, 0.5) is 0 Å². The number of fused-ring (bicyclic) bond motifs is 1. The molecule has 1 fully saturated rings. The average Bonchev–Trinajstić information content (AvgIpc) is 2.88. The number of hydrogen-bond donors (Lipinski definition) is 1. The number of furan rings is 1. The summed E-state index contributed by atoms with van der Waals surface area (Å²) in [5, 5.41) is 4.67. The molecule has 0 aliphatic carbocycles. The van der Waals surface area contributed by atoms with Gasteiger partial charge in [0.05, 0.1) is 6.54 Å². The van der Waals surface area contributed by atoms with Crippen LogP contribution in [0.2, 0.25) is 0 Å². The van der Waals surface area contributed by atoms with Crippen molar-refractivity contribution in [2.75, 3.05) is 26.2 Å². The van der Waals surface area contributed by atoms with E-state index in [9.17, 15) is 0 Å². The van der Waals surface area contributed by atoms with E-state index in [0.29, 0.717) is 0 Å². The van der Waals surface area contributed by atoms with Gasteiger partial charge >= 0.3 is 0 Å². The molecule has 1 saturated heterocycles. The summed E-state index contributed by atoms with van der Waals surface area (Å²) < 4.78 is 5.80. The summed E-state index contributed by atoms with van der Waals surface area (Å²) in [6.45, 7) is 7.87. The van der Waals surface area contributed by atoms with Crippen molar-refractivity contribution in [3.8, 4) is 0 Å². The fourth-order valence-corrected chi connectivity index (χ4v) is 2.86. The zero-order valence-corrected chi connectivity index (χ0v) is 12.3. The number of likely N-dealkylation sites (tertiary alicyclic amines) is 1. The summed E-state index contributed by atoms with van der Waals surface area (Å²) in [4.78, 5) is 2.56. The van der Waals surface area contributed by atoms with Crippen LogP contribution in [0.5, 0.6) is 0 Å². The molecule has 20 heavy (non-hydrogen) atoms. The molecule has 0 bridgehead atoms. The quantitative estimate of drug-likeness (QED) is 0.847. The zero-order valence-electron chi connectivity index (χ0n) is 12.3. The van der Waals surface area contributed by atoms with Crippen LogP contribution in [0, 0.1) is 5.92 Å². The summed E-state index contributed by atoms with van der Waals surface area (Å²) >= 11 is 0. The third-order valence-electron chi connectivity index (χ3n) is 4.26. The number of nitrogens with one attached hydrogen (secondary N) is 1. The number of piperidine rings is 1. The lowest BCUT2D eigenvalue weighted by atomic mass is 9.99. The summed E-state index contributed by atoms with van der Waals surface area (Å²) in [5.41, 5.74) is 0.981. The van der Waals surface area contributed by atoms with Crippen LogP contribution in [0.15, 0.2) is 34.7 Å². The van der Waals surface area contributed by atoms with Gasteiger partial charge in [-0.15, -0.1) is 0 Å². The lowest BCUT2D eigenvalue weighted by molar-refractivity contribution is 0.192. The lowest BCUT2D eigenvalue weighted by Gasteiger charge is -2.30. The van der Waals surface area contributed by atoms with Crippen molar-refractivity contribution >= 4 is 11.0 Å². The molecule has 0 unspecified atom stereocenters. The molecule has 1 aromatic heterocycles. The number of hydrogen-bond acceptors (Lipinski definition) is 3. The average molecular weight is 272 g/mol. The predicted molar refractivity (Wildman–Crippen MR) is 82.8 cm³/mol. The van der Waals surface area contributed by atoms with Crippen LogP contribution in [0.1, 0.15) is 25.5 Å². The fraction of sp³-hybridized carbons (Fsp3) is 0.529. The highest BCUT2D eigenvalue weighted by molar-refractivity contribution is 5.77. The van der Waals surface area contributed by atoms with E-state index in [4.69, 9.17) is 4.42 Å². The van der Waals surface area contributed by atoms with Gasteiger partial charge < -0.3 is 14.6 Å². The second-order valence-corrected chi connectivity index (χ2v) is 5.95. The Hall–Kier alpha value is -1.32. The van der Waals surface area contributed by atoms with E-state index < -0.39 is 0 Å². The van der Waals surface area contributed by atoms with Gasteiger partial charge in [-0.2, -0.15) is 0 Å². The zero-order chi connectivity index (χ0) is 13.8. The minimum absolute atomic E-state index is 0.818. The topological polar surface area (TPSA) is 28.4 Å². The summed E-state index contributed by atoms with van der Waals surface area (Å²) in [6, 6.07) is 10.3. The minimum atomic E-state index is 0.818. The molecule has 1 aromatic carbocycles. The van der Waals surface area contributed by atoms with Crippen molar-refractivity contribution in [2.45, 2.75) is 26.3 Å². The molecule has 108 valence electrons. The maximum atomic E-state index is 5.80. The third kappa shape index (κ3) is 3.41. The monoisotopic (exact) mass is 272 g/mol. The number of nitrogens with zero attached hydrogens (tertiary/aromatic N) is 1. The first-order valence-electron chi connectivity index (χ1n) is 7.72. The standard InChI is InChI=1S/C17H24N2O/c1-14-6-9-19(10-7-14)11-8-18-13-16-12-15-4-2-3-5-17(15)20-16/h2-5,12,14,18H,6-11,13H2,1H3. The Kier molecular flexibility index (Phi) is 4.38. The van der Waals surface area contributed by atoms with Gasteiger partial charge in [-0.05, 0) is 44.0 Å². The Morgan fingerprint density at radius 2 is 2.05 bits per heavy atom. The van der Waals surface area contributed by atoms with E-state index in [1.54, 1.807) is 0 Å². The molecule has 1 aliphatic heterocycles. The third-order valence-corrected chi connectivity index (χ3v) is 4.26. The molecule has 1 N–H and O–H groups in total. The molecule has 0 atom stereocenters. The Morgan fingerprint density at radius 1 is 1.25 bits per heavy atom. The molecule has 0 saturated carbocycles. The van der Waals surface area contributed by atoms with E-state index in [-0.39, 0.29) is 0 Å². The maximum Gasteiger partial charge on any atom is 0.134 e. The molecule has 1 aliphatic rings. The van der Waals surface area contributed by atoms with Crippen molar-refractivity contribution < 1.29 is 4.42 Å². The first-order chi connectivity index (χ1) is 9.81. The van der Waals surface area contributed by atoms with Gasteiger partial charge in [0.1, 0.15) is 11.3 Å². The van der Waals surface area contributed by atoms with Crippen LogP contribution in [-0.2, 0) is 6.54 Å². The van der Waals surface area contributed by atoms with Gasteiger partial charge in [0.15, 0.2) is 0 Å². The fourth-order valence-electron chi connectivity index (χ4n) is 2.86. The molecule has 3 nitrogen and oxygen atoms in total. The van der Waals surface area contributed by atoms with Gasteiger partial charge in [0, 0.05) is 18.5 Å². The molecule has 2 aromatic rings.